The summed E-state index contributed by atoms with van der Waals surface area (Å²) in [6.07, 6.45) is 6.97. The maximum atomic E-state index is 11.4. The van der Waals surface area contributed by atoms with E-state index in [1.54, 1.807) is 0 Å². The van der Waals surface area contributed by atoms with Crippen molar-refractivity contribution >= 4 is 11.7 Å². The van der Waals surface area contributed by atoms with Crippen LogP contribution in [0.3, 0.4) is 0 Å². The molecule has 0 aromatic heterocycles. The second kappa shape index (κ2) is 5.85. The van der Waals surface area contributed by atoms with Gasteiger partial charge in [0.05, 0.1) is 0 Å². The molecule has 4 heteroatoms. The Bertz CT molecular complexity index is 393. The van der Waals surface area contributed by atoms with Gasteiger partial charge in [-0.05, 0) is 46.6 Å². The summed E-state index contributed by atoms with van der Waals surface area (Å²) in [5, 5.41) is 0. The Morgan fingerprint density at radius 3 is 2.44 bits per heavy atom. The van der Waals surface area contributed by atoms with Gasteiger partial charge in [-0.15, -0.1) is 0 Å². The Hall–Kier alpha value is -1.58. The molecule has 4 nitrogen and oxygen atoms in total. The van der Waals surface area contributed by atoms with Gasteiger partial charge in [0.15, 0.2) is 0 Å². The van der Waals surface area contributed by atoms with Crippen molar-refractivity contribution in [2.45, 2.75) is 46.1 Å². The van der Waals surface area contributed by atoms with E-state index in [0.717, 1.165) is 24.3 Å². The average molecular weight is 250 g/mol. The summed E-state index contributed by atoms with van der Waals surface area (Å²) in [5.41, 5.74) is 6.83. The van der Waals surface area contributed by atoms with Crippen molar-refractivity contribution < 1.29 is 9.53 Å². The SMILES string of the molecule is C\C(N)=C/C(=N\C=C\C(=O)OC(C)(C)C)C1CC1. The molecule has 1 saturated carbocycles. The summed E-state index contributed by atoms with van der Waals surface area (Å²) >= 11 is 0. The smallest absolute Gasteiger partial charge is 0.332 e. The molecule has 100 valence electrons. The molecule has 1 fully saturated rings. The lowest BCUT2D eigenvalue weighted by Crippen LogP contribution is -2.22. The van der Waals surface area contributed by atoms with E-state index in [2.05, 4.69) is 4.99 Å². The number of aliphatic imine (C=N–C) groups is 1. The summed E-state index contributed by atoms with van der Waals surface area (Å²) in [6, 6.07) is 0. The molecule has 0 aliphatic heterocycles. The van der Waals surface area contributed by atoms with E-state index in [4.69, 9.17) is 10.5 Å². The van der Waals surface area contributed by atoms with Crippen LogP contribution in [0.5, 0.6) is 0 Å². The monoisotopic (exact) mass is 250 g/mol. The number of allylic oxidation sites excluding steroid dienone is 2. The number of carbonyl (C=O) groups is 1. The van der Waals surface area contributed by atoms with E-state index < -0.39 is 5.60 Å². The molecule has 0 spiro atoms. The Morgan fingerprint density at radius 1 is 1.39 bits per heavy atom. The highest BCUT2D eigenvalue weighted by Crippen LogP contribution is 2.31. The first-order valence-electron chi connectivity index (χ1n) is 6.19. The van der Waals surface area contributed by atoms with Crippen LogP contribution in [-0.4, -0.2) is 17.3 Å². The van der Waals surface area contributed by atoms with Crippen LogP contribution < -0.4 is 5.73 Å². The van der Waals surface area contributed by atoms with Crippen molar-refractivity contribution in [1.29, 1.82) is 0 Å². The van der Waals surface area contributed by atoms with Crippen molar-refractivity contribution in [3.8, 4) is 0 Å². The van der Waals surface area contributed by atoms with Crippen LogP contribution in [0, 0.1) is 5.92 Å². The number of rotatable bonds is 4. The van der Waals surface area contributed by atoms with Crippen LogP contribution >= 0.6 is 0 Å². The highest BCUT2D eigenvalue weighted by Gasteiger charge is 2.25. The number of nitrogens with two attached hydrogens (primary N) is 1. The lowest BCUT2D eigenvalue weighted by atomic mass is 10.2. The molecular formula is C14H22N2O2. The number of hydrogen-bond acceptors (Lipinski definition) is 4. The molecule has 0 atom stereocenters. The van der Waals surface area contributed by atoms with Crippen LogP contribution in [0.15, 0.2) is 29.0 Å². The van der Waals surface area contributed by atoms with Crippen LogP contribution in [0.2, 0.25) is 0 Å². The van der Waals surface area contributed by atoms with Gasteiger partial charge in [-0.1, -0.05) is 0 Å². The molecule has 1 aliphatic carbocycles. The van der Waals surface area contributed by atoms with Gasteiger partial charge >= 0.3 is 5.97 Å². The zero-order valence-corrected chi connectivity index (χ0v) is 11.6. The first kappa shape index (κ1) is 14.5. The zero-order valence-electron chi connectivity index (χ0n) is 11.6. The van der Waals surface area contributed by atoms with E-state index in [1.807, 2.05) is 33.8 Å². The van der Waals surface area contributed by atoms with E-state index in [-0.39, 0.29) is 5.97 Å². The second-order valence-electron chi connectivity index (χ2n) is 5.57. The zero-order chi connectivity index (χ0) is 13.8. The topological polar surface area (TPSA) is 64.7 Å². The summed E-state index contributed by atoms with van der Waals surface area (Å²) in [4.78, 5) is 15.7. The Labute approximate surface area is 109 Å². The lowest BCUT2D eigenvalue weighted by molar-refractivity contribution is -0.148. The molecule has 18 heavy (non-hydrogen) atoms. The Morgan fingerprint density at radius 2 is 2.00 bits per heavy atom. The molecule has 0 unspecified atom stereocenters. The number of hydrogen-bond donors (Lipinski definition) is 1. The fourth-order valence-corrected chi connectivity index (χ4v) is 1.39. The average Bonchev–Trinajstić information content (AvgIpc) is 2.95. The standard InChI is InChI=1S/C14H22N2O2/c1-10(15)9-12(11-5-6-11)16-8-7-13(17)18-14(2,3)4/h7-9,11H,5-6,15H2,1-4H3/b8-7+,10-9+,16-12+. The first-order chi connectivity index (χ1) is 8.28. The van der Waals surface area contributed by atoms with Crippen LogP contribution in [0.4, 0.5) is 0 Å². The highest BCUT2D eigenvalue weighted by molar-refractivity contribution is 5.99. The summed E-state index contributed by atoms with van der Waals surface area (Å²) in [7, 11) is 0. The van der Waals surface area contributed by atoms with Crippen LogP contribution in [0.1, 0.15) is 40.5 Å². The molecule has 0 bridgehead atoms. The van der Waals surface area contributed by atoms with Gasteiger partial charge in [-0.25, -0.2) is 4.79 Å². The van der Waals surface area contributed by atoms with Crippen molar-refractivity contribution in [2.24, 2.45) is 16.6 Å². The van der Waals surface area contributed by atoms with E-state index in [1.165, 1.54) is 12.3 Å². The molecule has 0 aromatic rings. The molecular weight excluding hydrogens is 228 g/mol. The maximum absolute atomic E-state index is 11.4. The largest absolute Gasteiger partial charge is 0.457 e. The quantitative estimate of drug-likeness (QED) is 0.474. The van der Waals surface area contributed by atoms with E-state index in [9.17, 15) is 4.79 Å². The summed E-state index contributed by atoms with van der Waals surface area (Å²) in [5.74, 6) is 0.113. The molecule has 1 aliphatic rings. The van der Waals surface area contributed by atoms with Gasteiger partial charge in [-0.2, -0.15) is 0 Å². The fourth-order valence-electron chi connectivity index (χ4n) is 1.39. The summed E-state index contributed by atoms with van der Waals surface area (Å²) < 4.78 is 5.14. The van der Waals surface area contributed by atoms with Crippen molar-refractivity contribution in [3.05, 3.63) is 24.0 Å². The van der Waals surface area contributed by atoms with Crippen molar-refractivity contribution in [3.63, 3.8) is 0 Å². The Balaban J connectivity index is 2.60. The molecule has 2 N–H and O–H groups in total. The maximum Gasteiger partial charge on any atom is 0.332 e. The predicted octanol–water partition coefficient (Wildman–Crippen LogP) is 2.56. The molecule has 0 saturated heterocycles. The second-order valence-corrected chi connectivity index (χ2v) is 5.57. The van der Waals surface area contributed by atoms with Gasteiger partial charge in [0.1, 0.15) is 5.60 Å². The predicted molar refractivity (Wildman–Crippen MR) is 73.1 cm³/mol. The number of esters is 1. The van der Waals surface area contributed by atoms with Gasteiger partial charge in [-0.3, -0.25) is 4.99 Å². The van der Waals surface area contributed by atoms with E-state index >= 15 is 0 Å². The fraction of sp³-hybridized carbons (Fsp3) is 0.571. The van der Waals surface area contributed by atoms with Crippen LogP contribution in [-0.2, 0) is 9.53 Å². The summed E-state index contributed by atoms with van der Waals surface area (Å²) in [6.45, 7) is 7.32. The number of nitrogens with zero attached hydrogens (tertiary/aromatic N) is 1. The lowest BCUT2D eigenvalue weighted by Gasteiger charge is -2.17. The van der Waals surface area contributed by atoms with Gasteiger partial charge < -0.3 is 10.5 Å². The van der Waals surface area contributed by atoms with Gasteiger partial charge in [0.25, 0.3) is 0 Å². The minimum Gasteiger partial charge on any atom is -0.457 e. The third-order valence-corrected chi connectivity index (χ3v) is 2.21. The molecule has 0 heterocycles. The molecule has 1 rings (SSSR count). The number of carbonyl (C=O) groups excluding carboxylic acids is 1. The Kier molecular flexibility index (Phi) is 4.70. The molecule has 0 radical (unpaired) electrons. The first-order valence-corrected chi connectivity index (χ1v) is 6.19. The van der Waals surface area contributed by atoms with Crippen molar-refractivity contribution in [1.82, 2.24) is 0 Å². The van der Waals surface area contributed by atoms with Crippen LogP contribution in [0.25, 0.3) is 0 Å². The molecule has 0 aromatic carbocycles. The third-order valence-electron chi connectivity index (χ3n) is 2.21. The number of ether oxygens (including phenoxy) is 1. The molecule has 0 amide bonds. The van der Waals surface area contributed by atoms with Gasteiger partial charge in [0.2, 0.25) is 0 Å². The minimum atomic E-state index is -0.474. The highest BCUT2D eigenvalue weighted by atomic mass is 16.6. The van der Waals surface area contributed by atoms with E-state index in [0.29, 0.717) is 5.92 Å². The third kappa shape index (κ3) is 6.23. The van der Waals surface area contributed by atoms with Gasteiger partial charge in [0, 0.05) is 29.6 Å². The van der Waals surface area contributed by atoms with Crippen molar-refractivity contribution in [2.75, 3.05) is 0 Å². The normalized spacial score (nSPS) is 18.2. The minimum absolute atomic E-state index is 0.380.